The van der Waals surface area contributed by atoms with Crippen molar-refractivity contribution in [1.29, 1.82) is 0 Å². The van der Waals surface area contributed by atoms with Gasteiger partial charge in [0, 0.05) is 22.2 Å². The van der Waals surface area contributed by atoms with E-state index in [2.05, 4.69) is 23.5 Å². The predicted octanol–water partition coefficient (Wildman–Crippen LogP) is 4.33. The summed E-state index contributed by atoms with van der Waals surface area (Å²) in [5, 5.41) is 3.04. The van der Waals surface area contributed by atoms with Gasteiger partial charge < -0.3 is 10.3 Å². The molecular formula is C18H15F3N2O. The highest BCUT2D eigenvalue weighted by atomic mass is 19.4. The largest absolute Gasteiger partial charge is 0.416 e. The van der Waals surface area contributed by atoms with Crippen LogP contribution in [0, 0.1) is 0 Å². The maximum atomic E-state index is 13.0. The molecule has 1 aromatic carbocycles. The number of H-pyrrole nitrogens is 1. The van der Waals surface area contributed by atoms with E-state index in [-0.39, 0.29) is 12.3 Å². The summed E-state index contributed by atoms with van der Waals surface area (Å²) in [6.45, 7) is 9.45. The Labute approximate surface area is 136 Å². The van der Waals surface area contributed by atoms with Gasteiger partial charge in [-0.05, 0) is 36.8 Å². The molecule has 3 nitrogen and oxygen atoms in total. The molecule has 124 valence electrons. The first kappa shape index (κ1) is 16.1. The van der Waals surface area contributed by atoms with Gasteiger partial charge in [-0.2, -0.15) is 13.2 Å². The topological polar surface area (TPSA) is 44.9 Å². The minimum Gasteiger partial charge on any atom is -0.354 e. The minimum atomic E-state index is -4.44. The SMILES string of the molecule is C=C(C)/C=C1\C(=C)NC(=O)Cc2c1[nH]c1ccc(C(F)(F)F)cc21. The van der Waals surface area contributed by atoms with Crippen LogP contribution in [0.25, 0.3) is 16.5 Å². The maximum absolute atomic E-state index is 13.0. The van der Waals surface area contributed by atoms with Crippen molar-refractivity contribution in [3.05, 3.63) is 65.5 Å². The zero-order valence-corrected chi connectivity index (χ0v) is 13.0. The van der Waals surface area contributed by atoms with Crippen LogP contribution in [0.4, 0.5) is 13.2 Å². The van der Waals surface area contributed by atoms with Crippen LogP contribution in [0.1, 0.15) is 23.7 Å². The Hall–Kier alpha value is -2.76. The lowest BCUT2D eigenvalue weighted by molar-refractivity contribution is -0.137. The quantitative estimate of drug-likeness (QED) is 0.802. The molecule has 0 saturated heterocycles. The van der Waals surface area contributed by atoms with E-state index < -0.39 is 11.7 Å². The molecule has 2 aromatic rings. The second-order valence-electron chi connectivity index (χ2n) is 5.84. The average Bonchev–Trinajstić information content (AvgIpc) is 2.75. The minimum absolute atomic E-state index is 0.0246. The lowest BCUT2D eigenvalue weighted by Gasteiger charge is -2.08. The van der Waals surface area contributed by atoms with E-state index in [9.17, 15) is 18.0 Å². The maximum Gasteiger partial charge on any atom is 0.416 e. The summed E-state index contributed by atoms with van der Waals surface area (Å²) in [6.07, 6.45) is -2.72. The third kappa shape index (κ3) is 2.75. The molecule has 0 spiro atoms. The van der Waals surface area contributed by atoms with Gasteiger partial charge in [-0.1, -0.05) is 18.7 Å². The lowest BCUT2D eigenvalue weighted by atomic mass is 10.0. The Morgan fingerprint density at radius 2 is 2.04 bits per heavy atom. The molecule has 0 saturated carbocycles. The zero-order valence-electron chi connectivity index (χ0n) is 13.0. The Morgan fingerprint density at radius 1 is 1.33 bits per heavy atom. The monoisotopic (exact) mass is 332 g/mol. The molecule has 2 N–H and O–H groups in total. The highest BCUT2D eigenvalue weighted by Gasteiger charge is 2.32. The first-order valence-electron chi connectivity index (χ1n) is 7.25. The summed E-state index contributed by atoms with van der Waals surface area (Å²) in [4.78, 5) is 15.2. The summed E-state index contributed by atoms with van der Waals surface area (Å²) in [6, 6.07) is 3.48. The van der Waals surface area contributed by atoms with E-state index in [0.29, 0.717) is 33.4 Å². The van der Waals surface area contributed by atoms with Crippen molar-refractivity contribution in [3.63, 3.8) is 0 Å². The van der Waals surface area contributed by atoms with Gasteiger partial charge in [0.25, 0.3) is 0 Å². The molecule has 1 aliphatic heterocycles. The fourth-order valence-corrected chi connectivity index (χ4v) is 2.83. The number of amides is 1. The third-order valence-corrected chi connectivity index (χ3v) is 3.85. The molecule has 1 aromatic heterocycles. The zero-order chi connectivity index (χ0) is 17.6. The standard InChI is InChI=1S/C18H15F3N2O/c1-9(2)6-12-10(3)22-16(24)8-14-13-7-11(18(19,20)21)4-5-15(13)23-17(12)14/h4-7,23H,1,3,8H2,2H3,(H,22,24)/b12-6+. The smallest absolute Gasteiger partial charge is 0.354 e. The number of aromatic amines is 1. The molecule has 6 heteroatoms. The number of nitrogens with one attached hydrogen (secondary N) is 2. The molecule has 0 aliphatic carbocycles. The molecule has 0 fully saturated rings. The van der Waals surface area contributed by atoms with Gasteiger partial charge in [-0.25, -0.2) is 0 Å². The summed E-state index contributed by atoms with van der Waals surface area (Å²) in [5.74, 6) is -0.315. The Kier molecular flexibility index (Phi) is 3.63. The van der Waals surface area contributed by atoms with Crippen molar-refractivity contribution in [2.75, 3.05) is 0 Å². The van der Waals surface area contributed by atoms with E-state index in [0.717, 1.165) is 17.7 Å². The number of hydrogen-bond donors (Lipinski definition) is 2. The normalized spacial score (nSPS) is 16.9. The third-order valence-electron chi connectivity index (χ3n) is 3.85. The molecule has 0 radical (unpaired) electrons. The van der Waals surface area contributed by atoms with Crippen LogP contribution >= 0.6 is 0 Å². The highest BCUT2D eigenvalue weighted by Crippen LogP contribution is 2.37. The number of alkyl halides is 3. The number of halogens is 3. The first-order chi connectivity index (χ1) is 11.2. The van der Waals surface area contributed by atoms with Crippen LogP contribution in [0.15, 0.2) is 48.7 Å². The van der Waals surface area contributed by atoms with Crippen molar-refractivity contribution in [2.24, 2.45) is 0 Å². The fourth-order valence-electron chi connectivity index (χ4n) is 2.83. The fraction of sp³-hybridized carbons (Fsp3) is 0.167. The van der Waals surface area contributed by atoms with Crippen LogP contribution in [-0.4, -0.2) is 10.9 Å². The van der Waals surface area contributed by atoms with Crippen LogP contribution in [-0.2, 0) is 17.4 Å². The van der Waals surface area contributed by atoms with Crippen molar-refractivity contribution < 1.29 is 18.0 Å². The number of fused-ring (bicyclic) bond motifs is 3. The van der Waals surface area contributed by atoms with Crippen molar-refractivity contribution >= 4 is 22.4 Å². The van der Waals surface area contributed by atoms with Gasteiger partial charge in [-0.3, -0.25) is 4.79 Å². The predicted molar refractivity (Wildman–Crippen MR) is 87.1 cm³/mol. The summed E-state index contributed by atoms with van der Waals surface area (Å²) < 4.78 is 39.0. The molecule has 1 amide bonds. The van der Waals surface area contributed by atoms with Crippen LogP contribution in [0.3, 0.4) is 0 Å². The van der Waals surface area contributed by atoms with Crippen molar-refractivity contribution in [2.45, 2.75) is 19.5 Å². The molecule has 24 heavy (non-hydrogen) atoms. The van der Waals surface area contributed by atoms with Gasteiger partial charge in [0.05, 0.1) is 17.7 Å². The Morgan fingerprint density at radius 3 is 2.67 bits per heavy atom. The molecular weight excluding hydrogens is 317 g/mol. The molecule has 0 bridgehead atoms. The second-order valence-corrected chi connectivity index (χ2v) is 5.84. The number of hydrogen-bond acceptors (Lipinski definition) is 1. The number of carbonyl (C=O) groups is 1. The van der Waals surface area contributed by atoms with E-state index in [4.69, 9.17) is 0 Å². The number of benzene rings is 1. The number of rotatable bonds is 1. The first-order valence-corrected chi connectivity index (χ1v) is 7.25. The molecule has 3 rings (SSSR count). The second kappa shape index (κ2) is 5.40. The molecule has 0 atom stereocenters. The van der Waals surface area contributed by atoms with E-state index in [1.54, 1.807) is 13.0 Å². The Balaban J connectivity index is 2.31. The average molecular weight is 332 g/mol. The van der Waals surface area contributed by atoms with Crippen molar-refractivity contribution in [3.8, 4) is 0 Å². The van der Waals surface area contributed by atoms with Crippen LogP contribution in [0.2, 0.25) is 0 Å². The number of aromatic nitrogens is 1. The molecule has 1 aliphatic rings. The number of allylic oxidation sites excluding steroid dienone is 3. The summed E-state index contributed by atoms with van der Waals surface area (Å²) in [5.41, 5.74) is 2.67. The van der Waals surface area contributed by atoms with Crippen LogP contribution in [0.5, 0.6) is 0 Å². The van der Waals surface area contributed by atoms with Gasteiger partial charge in [0.2, 0.25) is 5.91 Å². The van der Waals surface area contributed by atoms with E-state index >= 15 is 0 Å². The van der Waals surface area contributed by atoms with Gasteiger partial charge in [0.1, 0.15) is 0 Å². The van der Waals surface area contributed by atoms with E-state index in [1.807, 2.05) is 0 Å². The number of carbonyl (C=O) groups excluding carboxylic acids is 1. The molecule has 0 unspecified atom stereocenters. The van der Waals surface area contributed by atoms with Gasteiger partial charge in [0.15, 0.2) is 0 Å². The summed E-state index contributed by atoms with van der Waals surface area (Å²) >= 11 is 0. The summed E-state index contributed by atoms with van der Waals surface area (Å²) in [7, 11) is 0. The lowest BCUT2D eigenvalue weighted by Crippen LogP contribution is -2.21. The van der Waals surface area contributed by atoms with Crippen molar-refractivity contribution in [1.82, 2.24) is 10.3 Å². The Bertz CT molecular complexity index is 916. The van der Waals surface area contributed by atoms with Crippen LogP contribution < -0.4 is 5.32 Å². The van der Waals surface area contributed by atoms with Gasteiger partial charge in [-0.15, -0.1) is 0 Å². The van der Waals surface area contributed by atoms with E-state index in [1.165, 1.54) is 6.07 Å². The highest BCUT2D eigenvalue weighted by molar-refractivity contribution is 6.00. The molecule has 2 heterocycles. The van der Waals surface area contributed by atoms with Gasteiger partial charge >= 0.3 is 6.18 Å².